The zero-order valence-electron chi connectivity index (χ0n) is 36.0. The number of amides is 1. The number of pyridine rings is 2. The number of rotatable bonds is 12. The van der Waals surface area contributed by atoms with Gasteiger partial charge in [-0.25, -0.2) is 19.1 Å². The minimum Gasteiger partial charge on any atom is -0.508 e. The molecule has 0 fully saturated rings. The van der Waals surface area contributed by atoms with E-state index in [0.717, 1.165) is 33.0 Å². The SMILES string of the molecule is CCc1c2c(nc3ccc(OC(=O)N(C)CCOCCn4ccc5c(CC)c(-n6c(O)nnc6-c6cc(C(C)C)c(O)cc6O)ccc54)cc13)-c1cc3c(c(=O)n1C2)COC(=O)C3O. The lowest BCUT2D eigenvalue weighted by Crippen LogP contribution is -2.32. The van der Waals surface area contributed by atoms with E-state index >= 15 is 0 Å². The summed E-state index contributed by atoms with van der Waals surface area (Å²) in [6.45, 7) is 9.42. The lowest BCUT2D eigenvalue weighted by atomic mass is 9.97. The maximum absolute atomic E-state index is 13.5. The van der Waals surface area contributed by atoms with Crippen molar-refractivity contribution < 1.29 is 44.2 Å². The standard InChI is InChI=1S/C47H47N7O10/c1-6-26-30-18-25(8-9-35(30)48-41-33(26)22-53-38(41)20-31-34(44(53)58)23-63-45(59)42(31)57)64-47(61)51(5)14-16-62-17-15-52-13-12-28-27(7-2)37(11-10-36(28)52)54-43(49-50-46(54)60)32-19-29(24(3)4)39(55)21-40(32)56/h8-13,18-21,24,42,55-57H,6-7,14-17,22-23H2,1-5H3,(H,50,60). The number of ether oxygens (including phenoxy) is 3. The van der Waals surface area contributed by atoms with Gasteiger partial charge in [-0.2, -0.15) is 0 Å². The Balaban J connectivity index is 0.843. The molecule has 1 atom stereocenters. The highest BCUT2D eigenvalue weighted by Crippen LogP contribution is 2.41. The molecule has 9 rings (SSSR count). The molecule has 1 unspecified atom stereocenters. The van der Waals surface area contributed by atoms with Crippen LogP contribution in [0.2, 0.25) is 0 Å². The quantitative estimate of drug-likeness (QED) is 0.0792. The fraction of sp³-hybridized carbons (Fsp3) is 0.319. The minimum atomic E-state index is -1.54. The van der Waals surface area contributed by atoms with Gasteiger partial charge in [0.1, 0.15) is 23.9 Å². The van der Waals surface area contributed by atoms with Crippen LogP contribution in [0.5, 0.6) is 23.3 Å². The van der Waals surface area contributed by atoms with Crippen LogP contribution in [0.3, 0.4) is 0 Å². The van der Waals surface area contributed by atoms with Crippen molar-refractivity contribution in [3.63, 3.8) is 0 Å². The molecule has 17 heteroatoms. The Morgan fingerprint density at radius 2 is 1.73 bits per heavy atom. The number of aromatic nitrogens is 6. The van der Waals surface area contributed by atoms with Crippen LogP contribution < -0.4 is 10.3 Å². The Labute approximate surface area is 366 Å². The fourth-order valence-corrected chi connectivity index (χ4v) is 8.90. The summed E-state index contributed by atoms with van der Waals surface area (Å²) in [5.74, 6) is -0.451. The number of fused-ring (bicyclic) bond motifs is 6. The number of aromatic hydroxyl groups is 3. The lowest BCUT2D eigenvalue weighted by Gasteiger charge is -2.21. The highest BCUT2D eigenvalue weighted by Gasteiger charge is 2.35. The second-order valence-corrected chi connectivity index (χ2v) is 16.3. The topological polar surface area (TPSA) is 217 Å². The van der Waals surface area contributed by atoms with Crippen molar-refractivity contribution in [1.29, 1.82) is 0 Å². The minimum absolute atomic E-state index is 0.0251. The van der Waals surface area contributed by atoms with Crippen molar-refractivity contribution in [3.8, 4) is 51.7 Å². The molecule has 4 N–H and O–H groups in total. The summed E-state index contributed by atoms with van der Waals surface area (Å²) in [5.41, 5.74) is 7.26. The largest absolute Gasteiger partial charge is 0.508 e. The van der Waals surface area contributed by atoms with E-state index in [1.54, 1.807) is 41.9 Å². The number of aliphatic hydroxyl groups excluding tert-OH is 1. The summed E-state index contributed by atoms with van der Waals surface area (Å²) in [7, 11) is 1.64. The number of esters is 1. The summed E-state index contributed by atoms with van der Waals surface area (Å²) >= 11 is 0. The first-order valence-electron chi connectivity index (χ1n) is 21.2. The molecule has 0 saturated heterocycles. The molecule has 0 saturated carbocycles. The highest BCUT2D eigenvalue weighted by atomic mass is 16.6. The van der Waals surface area contributed by atoms with Crippen LogP contribution in [-0.2, 0) is 46.8 Å². The monoisotopic (exact) mass is 869 g/mol. The zero-order valence-corrected chi connectivity index (χ0v) is 36.0. The van der Waals surface area contributed by atoms with Crippen LogP contribution in [0.4, 0.5) is 4.79 Å². The van der Waals surface area contributed by atoms with E-state index in [1.165, 1.54) is 15.5 Å². The third-order valence-electron chi connectivity index (χ3n) is 12.3. The van der Waals surface area contributed by atoms with Gasteiger partial charge in [0.15, 0.2) is 11.9 Å². The van der Waals surface area contributed by atoms with Gasteiger partial charge in [0.2, 0.25) is 0 Å². The predicted octanol–water partition coefficient (Wildman–Crippen LogP) is 6.23. The first-order chi connectivity index (χ1) is 30.8. The summed E-state index contributed by atoms with van der Waals surface area (Å²) in [6.07, 6.45) is 1.12. The number of likely N-dealkylation sites (N-methyl/N-ethyl adjacent to an activating group) is 1. The van der Waals surface area contributed by atoms with Crippen molar-refractivity contribution in [2.24, 2.45) is 0 Å². The van der Waals surface area contributed by atoms with Crippen LogP contribution in [0, 0.1) is 0 Å². The summed E-state index contributed by atoms with van der Waals surface area (Å²) in [6, 6.07) is 15.3. The van der Waals surface area contributed by atoms with Gasteiger partial charge in [0.05, 0.1) is 53.5 Å². The molecule has 0 bridgehead atoms. The molecular formula is C47H47N7O10. The number of aryl methyl sites for hydroxylation is 2. The number of carbonyl (C=O) groups is 2. The Bertz CT molecular complexity index is 3090. The molecule has 0 radical (unpaired) electrons. The Hall–Kier alpha value is -7.24. The maximum Gasteiger partial charge on any atom is 0.415 e. The van der Waals surface area contributed by atoms with E-state index in [4.69, 9.17) is 19.2 Å². The molecule has 64 heavy (non-hydrogen) atoms. The number of carbonyl (C=O) groups excluding carboxylic acids is 2. The van der Waals surface area contributed by atoms with E-state index in [-0.39, 0.29) is 72.2 Å². The maximum atomic E-state index is 13.5. The number of nitrogens with zero attached hydrogens (tertiary/aromatic N) is 7. The first kappa shape index (κ1) is 42.1. The van der Waals surface area contributed by atoms with Crippen molar-refractivity contribution in [3.05, 3.63) is 105 Å². The molecule has 3 aromatic carbocycles. The van der Waals surface area contributed by atoms with Gasteiger partial charge < -0.3 is 48.7 Å². The van der Waals surface area contributed by atoms with Gasteiger partial charge in [-0.1, -0.05) is 32.8 Å². The van der Waals surface area contributed by atoms with Crippen molar-refractivity contribution in [2.75, 3.05) is 26.8 Å². The van der Waals surface area contributed by atoms with Crippen molar-refractivity contribution in [2.45, 2.75) is 72.3 Å². The number of phenols is 2. The number of cyclic esters (lactones) is 1. The molecule has 6 heterocycles. The van der Waals surface area contributed by atoms with Gasteiger partial charge in [0, 0.05) is 59.8 Å². The molecule has 7 aromatic rings. The second-order valence-electron chi connectivity index (χ2n) is 16.3. The number of hydrogen-bond donors (Lipinski definition) is 4. The van der Waals surface area contributed by atoms with Crippen molar-refractivity contribution in [1.82, 2.24) is 33.8 Å². The molecular weight excluding hydrogens is 823 g/mol. The number of hydrogen-bond acceptors (Lipinski definition) is 13. The van der Waals surface area contributed by atoms with E-state index in [1.807, 2.05) is 52.1 Å². The molecule has 0 spiro atoms. The normalized spacial score (nSPS) is 14.2. The van der Waals surface area contributed by atoms with E-state index < -0.39 is 18.2 Å². The number of phenolic OH excluding ortho intramolecular Hbond substituents is 2. The average Bonchev–Trinajstić information content (AvgIpc) is 3.98. The van der Waals surface area contributed by atoms with Crippen LogP contribution in [0.15, 0.2) is 65.6 Å². The smallest absolute Gasteiger partial charge is 0.415 e. The third-order valence-corrected chi connectivity index (χ3v) is 12.3. The molecule has 17 nitrogen and oxygen atoms in total. The van der Waals surface area contributed by atoms with E-state index in [9.17, 15) is 34.8 Å². The van der Waals surface area contributed by atoms with Gasteiger partial charge in [-0.05, 0) is 84.0 Å². The van der Waals surface area contributed by atoms with Crippen LogP contribution >= 0.6 is 0 Å². The van der Waals surface area contributed by atoms with Gasteiger partial charge >= 0.3 is 18.1 Å². The predicted molar refractivity (Wildman–Crippen MR) is 235 cm³/mol. The van der Waals surface area contributed by atoms with E-state index in [2.05, 4.69) is 14.8 Å². The highest BCUT2D eigenvalue weighted by molar-refractivity contribution is 5.90. The van der Waals surface area contributed by atoms with Gasteiger partial charge in [0.25, 0.3) is 5.56 Å². The van der Waals surface area contributed by atoms with Crippen molar-refractivity contribution >= 4 is 33.9 Å². The molecule has 2 aliphatic rings. The molecule has 330 valence electrons. The summed E-state index contributed by atoms with van der Waals surface area (Å²) in [4.78, 5) is 45.0. The number of benzene rings is 3. The van der Waals surface area contributed by atoms with Crippen LogP contribution in [-0.4, -0.2) is 93.1 Å². The summed E-state index contributed by atoms with van der Waals surface area (Å²) < 4.78 is 21.9. The molecule has 2 aliphatic heterocycles. The van der Waals surface area contributed by atoms with Crippen LogP contribution in [0.1, 0.15) is 73.1 Å². The van der Waals surface area contributed by atoms with E-state index in [0.29, 0.717) is 65.5 Å². The first-order valence-corrected chi connectivity index (χ1v) is 21.2. The Morgan fingerprint density at radius 1 is 0.938 bits per heavy atom. The zero-order chi connectivity index (χ0) is 45.1. The van der Waals surface area contributed by atoms with Gasteiger partial charge in [-0.3, -0.25) is 4.79 Å². The summed E-state index contributed by atoms with van der Waals surface area (Å²) in [5, 5.41) is 52.5. The molecule has 1 amide bonds. The fourth-order valence-electron chi connectivity index (χ4n) is 8.90. The second kappa shape index (κ2) is 16.5. The molecule has 4 aromatic heterocycles. The molecule has 0 aliphatic carbocycles. The average molecular weight is 870 g/mol. The Kier molecular flexibility index (Phi) is 10.8. The van der Waals surface area contributed by atoms with Crippen LogP contribution in [0.25, 0.3) is 50.3 Å². The third kappa shape index (κ3) is 7.06. The van der Waals surface area contributed by atoms with Gasteiger partial charge in [-0.15, -0.1) is 5.10 Å². The number of aliphatic hydroxyl groups is 1. The lowest BCUT2D eigenvalue weighted by molar-refractivity contribution is -0.157. The Morgan fingerprint density at radius 3 is 2.50 bits per heavy atom.